The van der Waals surface area contributed by atoms with Crippen molar-refractivity contribution in [2.24, 2.45) is 0 Å². The molecule has 0 saturated carbocycles. The van der Waals surface area contributed by atoms with Gasteiger partial charge in [0.2, 0.25) is 0 Å². The molecule has 1 rings (SSSR count). The van der Waals surface area contributed by atoms with E-state index in [1.165, 1.54) is 11.6 Å². The molecule has 1 aromatic carbocycles. The lowest BCUT2D eigenvalue weighted by Gasteiger charge is -2.04. The number of rotatable bonds is 4. The summed E-state index contributed by atoms with van der Waals surface area (Å²) >= 11 is 5.60. The second-order valence-electron chi connectivity index (χ2n) is 3.36. The van der Waals surface area contributed by atoms with Gasteiger partial charge in [-0.3, -0.25) is 0 Å². The molecule has 15 heavy (non-hydrogen) atoms. The Morgan fingerprint density at radius 3 is 2.80 bits per heavy atom. The molecule has 0 amide bonds. The van der Waals surface area contributed by atoms with Gasteiger partial charge >= 0.3 is 0 Å². The van der Waals surface area contributed by atoms with Crippen molar-refractivity contribution in [2.75, 3.05) is 13.6 Å². The molecule has 0 saturated heterocycles. The van der Waals surface area contributed by atoms with Crippen molar-refractivity contribution in [1.29, 1.82) is 0 Å². The normalized spacial score (nSPS) is 11.9. The molecule has 0 aliphatic carbocycles. The van der Waals surface area contributed by atoms with E-state index in [1.807, 2.05) is 19.2 Å². The number of hydrogen-bond donors (Lipinski definition) is 1. The van der Waals surface area contributed by atoms with Crippen LogP contribution in [-0.2, 0) is 0 Å². The fraction of sp³-hybridized carbons (Fsp3) is 0.333. The van der Waals surface area contributed by atoms with Crippen molar-refractivity contribution >= 4 is 17.7 Å². The third-order valence-electron chi connectivity index (χ3n) is 2.17. The van der Waals surface area contributed by atoms with Crippen molar-refractivity contribution < 1.29 is 4.39 Å². The van der Waals surface area contributed by atoms with Crippen LogP contribution in [-0.4, -0.2) is 13.6 Å². The van der Waals surface area contributed by atoms with Gasteiger partial charge in [0.1, 0.15) is 5.82 Å². The average molecular weight is 228 g/mol. The third-order valence-corrected chi connectivity index (χ3v) is 2.48. The molecule has 0 aliphatic heterocycles. The highest BCUT2D eigenvalue weighted by Crippen LogP contribution is 2.17. The summed E-state index contributed by atoms with van der Waals surface area (Å²) in [7, 11) is 1.89. The first kappa shape index (κ1) is 12.2. The summed E-state index contributed by atoms with van der Waals surface area (Å²) in [6.45, 7) is 2.90. The van der Waals surface area contributed by atoms with Gasteiger partial charge in [0.05, 0.1) is 5.02 Å². The van der Waals surface area contributed by atoms with Crippen LogP contribution >= 0.6 is 11.6 Å². The molecule has 3 heteroatoms. The van der Waals surface area contributed by atoms with E-state index < -0.39 is 0 Å². The summed E-state index contributed by atoms with van der Waals surface area (Å²) in [4.78, 5) is 0. The molecular weight excluding hydrogens is 213 g/mol. The molecule has 1 N–H and O–H groups in total. The molecule has 0 aromatic heterocycles. The fourth-order valence-corrected chi connectivity index (χ4v) is 1.46. The Labute approximate surface area is 95.0 Å². The van der Waals surface area contributed by atoms with E-state index in [4.69, 9.17) is 11.6 Å². The van der Waals surface area contributed by atoms with Crippen LogP contribution in [0.2, 0.25) is 5.02 Å². The molecule has 0 fully saturated rings. The Kier molecular flexibility index (Phi) is 4.79. The van der Waals surface area contributed by atoms with Crippen molar-refractivity contribution in [3.8, 4) is 0 Å². The zero-order valence-electron chi connectivity index (χ0n) is 8.98. The first-order valence-electron chi connectivity index (χ1n) is 4.96. The van der Waals surface area contributed by atoms with Gasteiger partial charge in [-0.25, -0.2) is 4.39 Å². The monoisotopic (exact) mass is 227 g/mol. The Morgan fingerprint density at radius 1 is 1.53 bits per heavy atom. The lowest BCUT2D eigenvalue weighted by atomic mass is 10.1. The van der Waals surface area contributed by atoms with Crippen LogP contribution in [0, 0.1) is 5.82 Å². The lowest BCUT2D eigenvalue weighted by Crippen LogP contribution is -2.09. The first-order chi connectivity index (χ1) is 7.17. The van der Waals surface area contributed by atoms with Crippen LogP contribution in [0.4, 0.5) is 4.39 Å². The summed E-state index contributed by atoms with van der Waals surface area (Å²) in [6.07, 6.45) is 2.93. The molecule has 0 heterocycles. The van der Waals surface area contributed by atoms with Crippen molar-refractivity contribution in [1.82, 2.24) is 5.32 Å². The Morgan fingerprint density at radius 2 is 2.27 bits per heavy atom. The maximum Gasteiger partial charge on any atom is 0.142 e. The molecular formula is C12H15ClFN. The van der Waals surface area contributed by atoms with E-state index in [9.17, 15) is 4.39 Å². The van der Waals surface area contributed by atoms with Crippen LogP contribution < -0.4 is 5.32 Å². The smallest absolute Gasteiger partial charge is 0.142 e. The molecule has 0 aliphatic rings. The van der Waals surface area contributed by atoms with E-state index >= 15 is 0 Å². The van der Waals surface area contributed by atoms with E-state index in [0.29, 0.717) is 0 Å². The second-order valence-corrected chi connectivity index (χ2v) is 3.77. The summed E-state index contributed by atoms with van der Waals surface area (Å²) in [5.41, 5.74) is 2.09. The Balaban J connectivity index is 2.91. The second kappa shape index (κ2) is 5.89. The molecule has 0 atom stereocenters. The minimum absolute atomic E-state index is 0.166. The number of halogens is 2. The zero-order chi connectivity index (χ0) is 11.3. The quantitative estimate of drug-likeness (QED) is 0.830. The fourth-order valence-electron chi connectivity index (χ4n) is 1.34. The standard InChI is InChI=1S/C12H15ClFN/c1-3-9(8-15-2)6-10-4-5-11(13)12(14)7-10/h4-7,15H,3,8H2,1-2H3. The molecule has 1 aromatic rings. The predicted octanol–water partition coefficient (Wildman–Crippen LogP) is 3.49. The average Bonchev–Trinajstić information content (AvgIpc) is 2.23. The highest BCUT2D eigenvalue weighted by Gasteiger charge is 2.00. The third kappa shape index (κ3) is 3.65. The van der Waals surface area contributed by atoms with Gasteiger partial charge in [-0.05, 0) is 31.2 Å². The van der Waals surface area contributed by atoms with Gasteiger partial charge in [0.25, 0.3) is 0 Å². The maximum atomic E-state index is 13.1. The summed E-state index contributed by atoms with van der Waals surface area (Å²) in [5, 5.41) is 3.24. The van der Waals surface area contributed by atoms with Gasteiger partial charge in [-0.15, -0.1) is 0 Å². The minimum atomic E-state index is -0.370. The molecule has 0 bridgehead atoms. The lowest BCUT2D eigenvalue weighted by molar-refractivity contribution is 0.628. The van der Waals surface area contributed by atoms with Crippen molar-refractivity contribution in [3.05, 3.63) is 40.2 Å². The molecule has 0 unspecified atom stereocenters. The van der Waals surface area contributed by atoms with Gasteiger partial charge in [0, 0.05) is 6.54 Å². The van der Waals surface area contributed by atoms with Gasteiger partial charge in [0.15, 0.2) is 0 Å². The molecule has 0 radical (unpaired) electrons. The highest BCUT2D eigenvalue weighted by atomic mass is 35.5. The van der Waals surface area contributed by atoms with Crippen LogP contribution in [0.3, 0.4) is 0 Å². The Hall–Kier alpha value is -0.860. The van der Waals surface area contributed by atoms with Crippen molar-refractivity contribution in [3.63, 3.8) is 0 Å². The minimum Gasteiger partial charge on any atom is -0.316 e. The van der Waals surface area contributed by atoms with Crippen LogP contribution in [0.15, 0.2) is 23.8 Å². The van der Waals surface area contributed by atoms with E-state index in [2.05, 4.69) is 12.2 Å². The van der Waals surface area contributed by atoms with Gasteiger partial charge in [-0.1, -0.05) is 36.2 Å². The summed E-state index contributed by atoms with van der Waals surface area (Å²) < 4.78 is 13.1. The maximum absolute atomic E-state index is 13.1. The van der Waals surface area contributed by atoms with Gasteiger partial charge < -0.3 is 5.32 Å². The molecule has 0 spiro atoms. The van der Waals surface area contributed by atoms with Crippen LogP contribution in [0.1, 0.15) is 18.9 Å². The largest absolute Gasteiger partial charge is 0.316 e. The van der Waals surface area contributed by atoms with Gasteiger partial charge in [-0.2, -0.15) is 0 Å². The summed E-state index contributed by atoms with van der Waals surface area (Å²) in [6, 6.07) is 4.85. The van der Waals surface area contributed by atoms with Crippen LogP contribution in [0.25, 0.3) is 6.08 Å². The number of hydrogen-bond acceptors (Lipinski definition) is 1. The van der Waals surface area contributed by atoms with E-state index in [1.54, 1.807) is 6.07 Å². The zero-order valence-corrected chi connectivity index (χ0v) is 9.74. The highest BCUT2D eigenvalue weighted by molar-refractivity contribution is 6.30. The molecule has 82 valence electrons. The van der Waals surface area contributed by atoms with Crippen molar-refractivity contribution in [2.45, 2.75) is 13.3 Å². The SMILES string of the molecule is CCC(=Cc1ccc(Cl)c(F)c1)CNC. The number of nitrogens with one attached hydrogen (secondary N) is 1. The Bertz CT molecular complexity index is 361. The summed E-state index contributed by atoms with van der Waals surface area (Å²) in [5.74, 6) is -0.370. The predicted molar refractivity (Wildman–Crippen MR) is 63.6 cm³/mol. The number of likely N-dealkylation sites (N-methyl/N-ethyl adjacent to an activating group) is 1. The van der Waals surface area contributed by atoms with E-state index in [-0.39, 0.29) is 10.8 Å². The van der Waals surface area contributed by atoms with E-state index in [0.717, 1.165) is 18.5 Å². The first-order valence-corrected chi connectivity index (χ1v) is 5.34. The number of benzene rings is 1. The van der Waals surface area contributed by atoms with Crippen LogP contribution in [0.5, 0.6) is 0 Å². The molecule has 1 nitrogen and oxygen atoms in total. The topological polar surface area (TPSA) is 12.0 Å².